The minimum absolute atomic E-state index is 0.506. The van der Waals surface area contributed by atoms with Crippen LogP contribution in [0.4, 0.5) is 11.5 Å². The quantitative estimate of drug-likeness (QED) is 0.343. The number of rotatable bonds is 4. The van der Waals surface area contributed by atoms with Gasteiger partial charge in [-0.25, -0.2) is 9.97 Å². The second kappa shape index (κ2) is 8.02. The van der Waals surface area contributed by atoms with Crippen LogP contribution in [-0.4, -0.2) is 9.97 Å². The summed E-state index contributed by atoms with van der Waals surface area (Å²) in [6.45, 7) is 2.09. The average molecular weight is 419 g/mol. The van der Waals surface area contributed by atoms with E-state index in [-0.39, 0.29) is 0 Å². The Bertz CT molecular complexity index is 1410. The number of nitriles is 1. The number of nitrogens with zero attached hydrogens (tertiary/aromatic N) is 3. The first-order valence-corrected chi connectivity index (χ1v) is 10.7. The summed E-state index contributed by atoms with van der Waals surface area (Å²) in [5, 5.41) is 13.9. The molecule has 0 saturated heterocycles. The highest BCUT2D eigenvalue weighted by Gasteiger charge is 2.09. The summed E-state index contributed by atoms with van der Waals surface area (Å²) in [6.07, 6.45) is 1.79. The van der Waals surface area contributed by atoms with Gasteiger partial charge in [-0.05, 0) is 60.5 Å². The van der Waals surface area contributed by atoms with Crippen LogP contribution in [0.15, 0.2) is 85.1 Å². The largest absolute Gasteiger partial charge is 0.339 e. The SMILES string of the molecule is Cc1ccc2nc(-c3ccc(Nc4ncc(-c5ccccc5)cc4C#N)cc3)sc2c1. The van der Waals surface area contributed by atoms with E-state index in [4.69, 9.17) is 4.98 Å². The van der Waals surface area contributed by atoms with E-state index < -0.39 is 0 Å². The molecule has 0 fully saturated rings. The van der Waals surface area contributed by atoms with Gasteiger partial charge >= 0.3 is 0 Å². The fourth-order valence-corrected chi connectivity index (χ4v) is 4.50. The van der Waals surface area contributed by atoms with Crippen LogP contribution in [0.5, 0.6) is 0 Å². The zero-order chi connectivity index (χ0) is 21.2. The minimum Gasteiger partial charge on any atom is -0.339 e. The lowest BCUT2D eigenvalue weighted by Crippen LogP contribution is -1.97. The van der Waals surface area contributed by atoms with Gasteiger partial charge in [-0.2, -0.15) is 5.26 Å². The zero-order valence-electron chi connectivity index (χ0n) is 16.8. The van der Waals surface area contributed by atoms with Crippen LogP contribution in [0.2, 0.25) is 0 Å². The van der Waals surface area contributed by atoms with Crippen LogP contribution in [0.1, 0.15) is 11.1 Å². The molecule has 31 heavy (non-hydrogen) atoms. The molecule has 0 atom stereocenters. The molecule has 0 saturated carbocycles. The Balaban J connectivity index is 1.39. The molecule has 0 unspecified atom stereocenters. The Morgan fingerprint density at radius 2 is 1.68 bits per heavy atom. The molecular formula is C26H18N4S. The third kappa shape index (κ3) is 3.89. The molecular weight excluding hydrogens is 400 g/mol. The van der Waals surface area contributed by atoms with Crippen molar-refractivity contribution in [1.82, 2.24) is 9.97 Å². The van der Waals surface area contributed by atoms with E-state index in [1.165, 1.54) is 10.3 Å². The van der Waals surface area contributed by atoms with Crippen molar-refractivity contribution in [3.05, 3.63) is 96.2 Å². The number of nitrogens with one attached hydrogen (secondary N) is 1. The summed E-state index contributed by atoms with van der Waals surface area (Å²) in [7, 11) is 0. The lowest BCUT2D eigenvalue weighted by atomic mass is 10.1. The first kappa shape index (κ1) is 19.0. The number of anilines is 2. The van der Waals surface area contributed by atoms with Crippen LogP contribution < -0.4 is 5.32 Å². The molecule has 5 heteroatoms. The number of fused-ring (bicyclic) bond motifs is 1. The molecule has 0 aliphatic carbocycles. The van der Waals surface area contributed by atoms with Crippen molar-refractivity contribution in [1.29, 1.82) is 5.26 Å². The van der Waals surface area contributed by atoms with Gasteiger partial charge in [-0.15, -0.1) is 11.3 Å². The second-order valence-corrected chi connectivity index (χ2v) is 8.32. The standard InChI is InChI=1S/C26H18N4S/c1-17-7-12-23-24(13-17)31-26(30-23)19-8-10-22(11-9-19)29-25-20(15-27)14-21(16-28-25)18-5-3-2-4-6-18/h2-14,16H,1H3,(H,28,29). The van der Waals surface area contributed by atoms with Crippen LogP contribution in [-0.2, 0) is 0 Å². The highest BCUT2D eigenvalue weighted by Crippen LogP contribution is 2.32. The maximum atomic E-state index is 9.61. The predicted octanol–water partition coefficient (Wildman–Crippen LogP) is 6.95. The van der Waals surface area contributed by atoms with Crippen LogP contribution in [0, 0.1) is 18.3 Å². The van der Waals surface area contributed by atoms with E-state index in [1.54, 1.807) is 17.5 Å². The molecule has 148 valence electrons. The lowest BCUT2D eigenvalue weighted by Gasteiger charge is -2.09. The molecule has 2 heterocycles. The maximum absolute atomic E-state index is 9.61. The van der Waals surface area contributed by atoms with Crippen LogP contribution in [0.25, 0.3) is 31.9 Å². The summed E-state index contributed by atoms with van der Waals surface area (Å²) >= 11 is 1.69. The monoisotopic (exact) mass is 418 g/mol. The fourth-order valence-electron chi connectivity index (χ4n) is 3.43. The first-order valence-electron chi connectivity index (χ1n) is 9.90. The molecule has 2 aromatic heterocycles. The van der Waals surface area contributed by atoms with E-state index in [2.05, 4.69) is 41.5 Å². The van der Waals surface area contributed by atoms with Crippen molar-refractivity contribution in [2.45, 2.75) is 6.92 Å². The number of hydrogen-bond acceptors (Lipinski definition) is 5. The normalized spacial score (nSPS) is 10.7. The van der Waals surface area contributed by atoms with Crippen molar-refractivity contribution in [3.63, 3.8) is 0 Å². The Hall–Kier alpha value is -4.01. The van der Waals surface area contributed by atoms with E-state index in [0.717, 1.165) is 32.9 Å². The first-order chi connectivity index (χ1) is 15.2. The summed E-state index contributed by atoms with van der Waals surface area (Å²) in [6, 6.07) is 28.4. The number of thiazole rings is 1. The van der Waals surface area contributed by atoms with Gasteiger partial charge in [0.05, 0.1) is 15.8 Å². The Kier molecular flexibility index (Phi) is 4.91. The van der Waals surface area contributed by atoms with Crippen molar-refractivity contribution < 1.29 is 0 Å². The molecule has 3 aromatic carbocycles. The van der Waals surface area contributed by atoms with Crippen LogP contribution in [0.3, 0.4) is 0 Å². The van der Waals surface area contributed by atoms with E-state index in [0.29, 0.717) is 11.4 Å². The van der Waals surface area contributed by atoms with Crippen LogP contribution >= 0.6 is 11.3 Å². The second-order valence-electron chi connectivity index (χ2n) is 7.29. The predicted molar refractivity (Wildman–Crippen MR) is 127 cm³/mol. The smallest absolute Gasteiger partial charge is 0.148 e. The third-order valence-electron chi connectivity index (χ3n) is 5.05. The highest BCUT2D eigenvalue weighted by molar-refractivity contribution is 7.21. The molecule has 0 aliphatic rings. The fraction of sp³-hybridized carbons (Fsp3) is 0.0385. The lowest BCUT2D eigenvalue weighted by molar-refractivity contribution is 1.28. The highest BCUT2D eigenvalue weighted by atomic mass is 32.1. The van der Waals surface area contributed by atoms with Crippen molar-refractivity contribution in [2.24, 2.45) is 0 Å². The van der Waals surface area contributed by atoms with E-state index in [1.807, 2.05) is 60.7 Å². The van der Waals surface area contributed by atoms with Gasteiger partial charge in [-0.3, -0.25) is 0 Å². The van der Waals surface area contributed by atoms with Gasteiger partial charge in [0, 0.05) is 23.0 Å². The molecule has 5 aromatic rings. The molecule has 0 aliphatic heterocycles. The van der Waals surface area contributed by atoms with E-state index >= 15 is 0 Å². The topological polar surface area (TPSA) is 61.6 Å². The number of benzene rings is 3. The molecule has 5 rings (SSSR count). The van der Waals surface area contributed by atoms with Crippen molar-refractivity contribution >= 4 is 33.1 Å². The van der Waals surface area contributed by atoms with Crippen molar-refractivity contribution in [2.75, 3.05) is 5.32 Å². The summed E-state index contributed by atoms with van der Waals surface area (Å²) < 4.78 is 1.19. The number of pyridine rings is 1. The van der Waals surface area contributed by atoms with Crippen molar-refractivity contribution in [3.8, 4) is 27.8 Å². The van der Waals surface area contributed by atoms with Gasteiger partial charge in [0.2, 0.25) is 0 Å². The zero-order valence-corrected chi connectivity index (χ0v) is 17.6. The molecule has 4 nitrogen and oxygen atoms in total. The third-order valence-corrected chi connectivity index (χ3v) is 6.12. The Labute approximate surface area is 184 Å². The number of aromatic nitrogens is 2. The molecule has 0 spiro atoms. The number of hydrogen-bond donors (Lipinski definition) is 1. The summed E-state index contributed by atoms with van der Waals surface area (Å²) in [5.41, 5.74) is 6.66. The van der Waals surface area contributed by atoms with Gasteiger partial charge < -0.3 is 5.32 Å². The minimum atomic E-state index is 0.506. The Morgan fingerprint density at radius 1 is 0.871 bits per heavy atom. The molecule has 0 bridgehead atoms. The van der Waals surface area contributed by atoms with Gasteiger partial charge in [0.1, 0.15) is 16.9 Å². The van der Waals surface area contributed by atoms with E-state index in [9.17, 15) is 5.26 Å². The summed E-state index contributed by atoms with van der Waals surface area (Å²) in [5.74, 6) is 0.547. The molecule has 0 amide bonds. The molecule has 1 N–H and O–H groups in total. The van der Waals surface area contributed by atoms with Gasteiger partial charge in [-0.1, -0.05) is 36.4 Å². The maximum Gasteiger partial charge on any atom is 0.148 e. The summed E-state index contributed by atoms with van der Waals surface area (Å²) in [4.78, 5) is 9.24. The average Bonchev–Trinajstić information content (AvgIpc) is 3.23. The molecule has 0 radical (unpaired) electrons. The van der Waals surface area contributed by atoms with Gasteiger partial charge in [0.25, 0.3) is 0 Å². The number of aryl methyl sites for hydroxylation is 1. The Morgan fingerprint density at radius 3 is 2.45 bits per heavy atom. The van der Waals surface area contributed by atoms with Gasteiger partial charge in [0.15, 0.2) is 0 Å².